The number of halogens is 2. The predicted molar refractivity (Wildman–Crippen MR) is 113 cm³/mol. The van der Waals surface area contributed by atoms with Gasteiger partial charge in [0.2, 0.25) is 0 Å². The smallest absolute Gasteiger partial charge is 0.175 e. The van der Waals surface area contributed by atoms with Gasteiger partial charge in [-0.05, 0) is 50.8 Å². The lowest BCUT2D eigenvalue weighted by molar-refractivity contribution is 0.282. The summed E-state index contributed by atoms with van der Waals surface area (Å²) in [5.74, 6) is 1.41. The van der Waals surface area contributed by atoms with Gasteiger partial charge in [0.25, 0.3) is 0 Å². The number of rotatable bonds is 8. The van der Waals surface area contributed by atoms with Crippen molar-refractivity contribution in [2.24, 2.45) is 0 Å². The minimum absolute atomic E-state index is 0.486. The fourth-order valence-electron chi connectivity index (χ4n) is 2.73. The highest BCUT2D eigenvalue weighted by atomic mass is 79.9. The first-order valence-corrected chi connectivity index (χ1v) is 9.81. The largest absolute Gasteiger partial charge is 0.493 e. The van der Waals surface area contributed by atoms with Crippen LogP contribution < -0.4 is 14.8 Å². The van der Waals surface area contributed by atoms with E-state index < -0.39 is 0 Å². The first kappa shape index (κ1) is 19.7. The van der Waals surface area contributed by atoms with Gasteiger partial charge >= 0.3 is 0 Å². The van der Waals surface area contributed by atoms with Crippen LogP contribution in [-0.4, -0.2) is 7.11 Å². The fourth-order valence-corrected chi connectivity index (χ4v) is 3.53. The van der Waals surface area contributed by atoms with E-state index in [9.17, 15) is 0 Å². The molecule has 3 rings (SSSR count). The van der Waals surface area contributed by atoms with Crippen molar-refractivity contribution in [1.82, 2.24) is 5.32 Å². The fraction of sp³-hybridized carbons (Fsp3) is 0.182. The second-order valence-corrected chi connectivity index (χ2v) is 7.34. The van der Waals surface area contributed by atoms with E-state index in [-0.39, 0.29) is 0 Å². The molecule has 0 bridgehead atoms. The molecule has 3 aromatic carbocycles. The third-order valence-corrected chi connectivity index (χ3v) is 5.08. The Morgan fingerprint density at radius 3 is 2.41 bits per heavy atom. The van der Waals surface area contributed by atoms with Gasteiger partial charge in [-0.15, -0.1) is 0 Å². The SMILES string of the molecule is COc1cc(CNCc2ccccc2Cl)cc(Br)c1OCc1ccccc1. The molecule has 1 N–H and O–H groups in total. The van der Waals surface area contributed by atoms with Gasteiger partial charge in [-0.2, -0.15) is 0 Å². The van der Waals surface area contributed by atoms with Gasteiger partial charge in [-0.1, -0.05) is 60.1 Å². The second-order valence-electron chi connectivity index (χ2n) is 6.08. The molecular formula is C22H21BrClNO2. The molecule has 0 aliphatic carbocycles. The Labute approximate surface area is 173 Å². The van der Waals surface area contributed by atoms with Crippen molar-refractivity contribution in [1.29, 1.82) is 0 Å². The zero-order valence-corrected chi connectivity index (χ0v) is 17.4. The minimum atomic E-state index is 0.486. The molecule has 0 saturated heterocycles. The van der Waals surface area contributed by atoms with E-state index in [1.807, 2.05) is 66.7 Å². The van der Waals surface area contributed by atoms with Crippen LogP contribution in [-0.2, 0) is 19.7 Å². The number of methoxy groups -OCH3 is 1. The third kappa shape index (κ3) is 5.48. The van der Waals surface area contributed by atoms with Crippen LogP contribution in [0.3, 0.4) is 0 Å². The highest BCUT2D eigenvalue weighted by Gasteiger charge is 2.12. The van der Waals surface area contributed by atoms with Gasteiger partial charge in [-0.25, -0.2) is 0 Å². The van der Waals surface area contributed by atoms with E-state index in [4.69, 9.17) is 21.1 Å². The number of ether oxygens (including phenoxy) is 2. The number of hydrogen-bond donors (Lipinski definition) is 1. The molecule has 0 saturated carbocycles. The maximum Gasteiger partial charge on any atom is 0.175 e. The van der Waals surface area contributed by atoms with E-state index >= 15 is 0 Å². The summed E-state index contributed by atoms with van der Waals surface area (Å²) < 4.78 is 12.4. The lowest BCUT2D eigenvalue weighted by Gasteiger charge is -2.15. The van der Waals surface area contributed by atoms with Crippen LogP contribution in [0.1, 0.15) is 16.7 Å². The Kier molecular flexibility index (Phi) is 7.16. The number of benzene rings is 3. The molecule has 0 unspecified atom stereocenters. The van der Waals surface area contributed by atoms with E-state index in [0.29, 0.717) is 31.2 Å². The molecule has 0 radical (unpaired) electrons. The van der Waals surface area contributed by atoms with Crippen molar-refractivity contribution in [3.8, 4) is 11.5 Å². The van der Waals surface area contributed by atoms with Gasteiger partial charge < -0.3 is 14.8 Å². The molecule has 0 aromatic heterocycles. The maximum atomic E-state index is 6.20. The second kappa shape index (κ2) is 9.79. The summed E-state index contributed by atoms with van der Waals surface area (Å²) in [4.78, 5) is 0. The van der Waals surface area contributed by atoms with E-state index in [0.717, 1.165) is 26.2 Å². The molecule has 0 spiro atoms. The Morgan fingerprint density at radius 1 is 0.926 bits per heavy atom. The zero-order chi connectivity index (χ0) is 19.1. The molecule has 0 heterocycles. The molecule has 5 heteroatoms. The molecule has 0 atom stereocenters. The van der Waals surface area contributed by atoms with Gasteiger partial charge in [0.15, 0.2) is 11.5 Å². The normalized spacial score (nSPS) is 10.6. The summed E-state index contributed by atoms with van der Waals surface area (Å²) in [6.45, 7) is 1.88. The Morgan fingerprint density at radius 2 is 1.67 bits per heavy atom. The first-order valence-electron chi connectivity index (χ1n) is 8.64. The van der Waals surface area contributed by atoms with E-state index in [2.05, 4.69) is 21.2 Å². The summed E-state index contributed by atoms with van der Waals surface area (Å²) >= 11 is 9.81. The van der Waals surface area contributed by atoms with Gasteiger partial charge in [0.1, 0.15) is 6.61 Å². The summed E-state index contributed by atoms with van der Waals surface area (Å²) in [6, 6.07) is 21.9. The zero-order valence-electron chi connectivity index (χ0n) is 15.0. The van der Waals surface area contributed by atoms with Crippen molar-refractivity contribution in [2.45, 2.75) is 19.7 Å². The van der Waals surface area contributed by atoms with Crippen LogP contribution in [0.25, 0.3) is 0 Å². The summed E-state index contributed by atoms with van der Waals surface area (Å²) in [5, 5.41) is 4.18. The molecule has 27 heavy (non-hydrogen) atoms. The van der Waals surface area contributed by atoms with Crippen LogP contribution in [0.4, 0.5) is 0 Å². The van der Waals surface area contributed by atoms with Crippen molar-refractivity contribution in [3.05, 3.63) is 92.9 Å². The Bertz CT molecular complexity index is 887. The summed E-state index contributed by atoms with van der Waals surface area (Å²) in [6.07, 6.45) is 0. The first-order chi connectivity index (χ1) is 13.2. The average molecular weight is 447 g/mol. The monoisotopic (exact) mass is 445 g/mol. The van der Waals surface area contributed by atoms with Crippen LogP contribution in [0.2, 0.25) is 5.02 Å². The highest BCUT2D eigenvalue weighted by molar-refractivity contribution is 9.10. The van der Waals surface area contributed by atoms with Crippen LogP contribution in [0, 0.1) is 0 Å². The van der Waals surface area contributed by atoms with Crippen molar-refractivity contribution in [3.63, 3.8) is 0 Å². The maximum absolute atomic E-state index is 6.20. The lowest BCUT2D eigenvalue weighted by atomic mass is 10.1. The molecule has 0 amide bonds. The molecule has 0 aliphatic heterocycles. The van der Waals surface area contributed by atoms with Gasteiger partial charge in [0.05, 0.1) is 11.6 Å². The molecule has 3 nitrogen and oxygen atoms in total. The van der Waals surface area contributed by atoms with Crippen molar-refractivity contribution >= 4 is 27.5 Å². The minimum Gasteiger partial charge on any atom is -0.493 e. The summed E-state index contributed by atoms with van der Waals surface area (Å²) in [7, 11) is 1.65. The average Bonchev–Trinajstić information content (AvgIpc) is 2.69. The van der Waals surface area contributed by atoms with Crippen LogP contribution in [0.15, 0.2) is 71.2 Å². The summed E-state index contributed by atoms with van der Waals surface area (Å²) in [5.41, 5.74) is 3.28. The third-order valence-electron chi connectivity index (χ3n) is 4.12. The topological polar surface area (TPSA) is 30.5 Å². The van der Waals surface area contributed by atoms with E-state index in [1.165, 1.54) is 0 Å². The molecule has 0 aliphatic rings. The number of nitrogens with one attached hydrogen (secondary N) is 1. The van der Waals surface area contributed by atoms with E-state index in [1.54, 1.807) is 7.11 Å². The van der Waals surface area contributed by atoms with Crippen molar-refractivity contribution in [2.75, 3.05) is 7.11 Å². The van der Waals surface area contributed by atoms with Crippen LogP contribution >= 0.6 is 27.5 Å². The molecule has 3 aromatic rings. The van der Waals surface area contributed by atoms with Gasteiger partial charge in [-0.3, -0.25) is 0 Å². The Hall–Kier alpha value is -2.01. The van der Waals surface area contributed by atoms with Gasteiger partial charge in [0, 0.05) is 18.1 Å². The highest BCUT2D eigenvalue weighted by Crippen LogP contribution is 2.37. The molecular weight excluding hydrogens is 426 g/mol. The van der Waals surface area contributed by atoms with Crippen molar-refractivity contribution < 1.29 is 9.47 Å². The predicted octanol–water partition coefficient (Wildman–Crippen LogP) is 5.98. The molecule has 140 valence electrons. The van der Waals surface area contributed by atoms with Crippen LogP contribution in [0.5, 0.6) is 11.5 Å². The quantitative estimate of drug-likeness (QED) is 0.462. The number of hydrogen-bond acceptors (Lipinski definition) is 3. The Balaban J connectivity index is 1.65. The molecule has 0 fully saturated rings. The standard InChI is InChI=1S/C22H21BrClNO2/c1-26-21-12-17(13-25-14-18-9-5-6-10-20(18)24)11-19(23)22(21)27-15-16-7-3-2-4-8-16/h2-12,25H,13-15H2,1H3. The lowest BCUT2D eigenvalue weighted by Crippen LogP contribution is -2.13.